The van der Waals surface area contributed by atoms with Gasteiger partial charge in [0.2, 0.25) is 17.7 Å². The van der Waals surface area contributed by atoms with Gasteiger partial charge < -0.3 is 30.7 Å². The number of carbonyl (C=O) groups is 5. The maximum absolute atomic E-state index is 13.6. The van der Waals surface area contributed by atoms with Crippen molar-refractivity contribution in [3.05, 3.63) is 60.2 Å². The number of nitrogens with one attached hydrogen (secondary N) is 4. The van der Waals surface area contributed by atoms with E-state index in [1.54, 1.807) is 19.9 Å². The standard InChI is InChI=1S/C33H48N4O7/c1-8-12-26(30(40)35-25(15-16-27(38)21(2)3)19-24-17-18-34-29(24)39)36-31(41)28(22(4)44-33(5,6)7)37-32(42)43-20-23-13-10-9-11-14-23/h9-11,13-16,22,24-26,28H,2,8,12,17-20H2,1,3-7H3,(H,34,39)(H,35,40)(H,36,41)(H,37,42)/b16-15+/t22?,24-,25+,26-,28-/m0/s1. The van der Waals surface area contributed by atoms with E-state index >= 15 is 0 Å². The maximum Gasteiger partial charge on any atom is 0.408 e. The van der Waals surface area contributed by atoms with Crippen LogP contribution in [-0.2, 0) is 35.3 Å². The zero-order chi connectivity index (χ0) is 32.9. The maximum atomic E-state index is 13.6. The van der Waals surface area contributed by atoms with Gasteiger partial charge in [-0.1, -0.05) is 56.3 Å². The molecule has 1 aliphatic heterocycles. The SMILES string of the molecule is C=C(C)C(=O)/C=C/[C@H](C[C@@H]1CCNC1=O)NC(=O)[C@H](CCC)NC(=O)[C@@H](NC(=O)OCc1ccccc1)C(C)OC(C)(C)C. The second-order valence-electron chi connectivity index (χ2n) is 12.1. The number of hydrogen-bond acceptors (Lipinski definition) is 7. The van der Waals surface area contributed by atoms with Gasteiger partial charge in [-0.15, -0.1) is 0 Å². The zero-order valence-electron chi connectivity index (χ0n) is 26.7. The Morgan fingerprint density at radius 3 is 2.34 bits per heavy atom. The summed E-state index contributed by atoms with van der Waals surface area (Å²) in [6.45, 7) is 14.8. The molecular formula is C33H48N4O7. The highest BCUT2D eigenvalue weighted by Crippen LogP contribution is 2.18. The van der Waals surface area contributed by atoms with Crippen molar-refractivity contribution in [2.75, 3.05) is 6.54 Å². The fourth-order valence-corrected chi connectivity index (χ4v) is 4.72. The lowest BCUT2D eigenvalue weighted by atomic mass is 9.97. The summed E-state index contributed by atoms with van der Waals surface area (Å²) in [4.78, 5) is 64.3. The molecule has 4 amide bonds. The van der Waals surface area contributed by atoms with Crippen molar-refractivity contribution in [3.8, 4) is 0 Å². The minimum Gasteiger partial charge on any atom is -0.445 e. The molecule has 1 aliphatic rings. The van der Waals surface area contributed by atoms with Gasteiger partial charge in [-0.05, 0) is 71.1 Å². The lowest BCUT2D eigenvalue weighted by molar-refractivity contribution is -0.135. The molecule has 0 aliphatic carbocycles. The minimum absolute atomic E-state index is 0.0121. The van der Waals surface area contributed by atoms with Crippen LogP contribution >= 0.6 is 0 Å². The van der Waals surface area contributed by atoms with Gasteiger partial charge in [-0.2, -0.15) is 0 Å². The van der Waals surface area contributed by atoms with Gasteiger partial charge in [0, 0.05) is 18.5 Å². The van der Waals surface area contributed by atoms with Gasteiger partial charge in [-0.3, -0.25) is 19.2 Å². The van der Waals surface area contributed by atoms with Crippen LogP contribution in [0.2, 0.25) is 0 Å². The molecular weight excluding hydrogens is 564 g/mol. The molecule has 1 aromatic rings. The molecule has 1 saturated heterocycles. The van der Waals surface area contributed by atoms with E-state index in [0.717, 1.165) is 5.56 Å². The quantitative estimate of drug-likeness (QED) is 0.209. The van der Waals surface area contributed by atoms with E-state index in [9.17, 15) is 24.0 Å². The van der Waals surface area contributed by atoms with E-state index in [-0.39, 0.29) is 30.6 Å². The number of benzene rings is 1. The Kier molecular flexibility index (Phi) is 14.3. The van der Waals surface area contributed by atoms with Crippen LogP contribution in [-0.4, -0.2) is 66.0 Å². The lowest BCUT2D eigenvalue weighted by Gasteiger charge is -2.31. The zero-order valence-corrected chi connectivity index (χ0v) is 26.7. The van der Waals surface area contributed by atoms with E-state index in [1.807, 2.05) is 58.0 Å². The summed E-state index contributed by atoms with van der Waals surface area (Å²) >= 11 is 0. The molecule has 0 spiro atoms. The first kappa shape index (κ1) is 36.2. The summed E-state index contributed by atoms with van der Waals surface area (Å²) in [5.41, 5.74) is 0.501. The molecule has 4 N–H and O–H groups in total. The normalized spacial score (nSPS) is 17.6. The average Bonchev–Trinajstić information content (AvgIpc) is 3.36. The largest absolute Gasteiger partial charge is 0.445 e. The molecule has 0 bridgehead atoms. The average molecular weight is 613 g/mol. The number of alkyl carbamates (subject to hydrolysis) is 1. The number of ketones is 1. The number of amides is 4. The molecule has 0 radical (unpaired) electrons. The van der Waals surface area contributed by atoms with Crippen LogP contribution in [0.25, 0.3) is 0 Å². The molecule has 1 heterocycles. The number of hydrogen-bond donors (Lipinski definition) is 4. The molecule has 44 heavy (non-hydrogen) atoms. The number of ether oxygens (including phenoxy) is 2. The van der Waals surface area contributed by atoms with Crippen molar-refractivity contribution < 1.29 is 33.4 Å². The van der Waals surface area contributed by atoms with Crippen molar-refractivity contribution >= 4 is 29.6 Å². The second kappa shape index (κ2) is 17.3. The summed E-state index contributed by atoms with van der Waals surface area (Å²) in [7, 11) is 0. The van der Waals surface area contributed by atoms with E-state index in [1.165, 1.54) is 6.08 Å². The molecule has 1 fully saturated rings. The highest BCUT2D eigenvalue weighted by atomic mass is 16.6. The van der Waals surface area contributed by atoms with Gasteiger partial charge >= 0.3 is 6.09 Å². The summed E-state index contributed by atoms with van der Waals surface area (Å²) in [6.07, 6.45) is 3.09. The monoisotopic (exact) mass is 612 g/mol. The lowest BCUT2D eigenvalue weighted by Crippen LogP contribution is -2.58. The Bertz CT molecular complexity index is 1190. The predicted octanol–water partition coefficient (Wildman–Crippen LogP) is 3.48. The Morgan fingerprint density at radius 2 is 1.77 bits per heavy atom. The Labute approximate surface area is 260 Å². The number of carbonyl (C=O) groups excluding carboxylic acids is 5. The van der Waals surface area contributed by atoms with Gasteiger partial charge in [0.15, 0.2) is 5.78 Å². The Hall–Kier alpha value is -3.99. The van der Waals surface area contributed by atoms with Crippen LogP contribution in [0, 0.1) is 5.92 Å². The van der Waals surface area contributed by atoms with Crippen LogP contribution < -0.4 is 21.3 Å². The van der Waals surface area contributed by atoms with Gasteiger partial charge in [0.25, 0.3) is 0 Å². The summed E-state index contributed by atoms with van der Waals surface area (Å²) in [6, 6.07) is 6.36. The first-order valence-corrected chi connectivity index (χ1v) is 15.1. The van der Waals surface area contributed by atoms with Crippen molar-refractivity contribution in [3.63, 3.8) is 0 Å². The van der Waals surface area contributed by atoms with Crippen molar-refractivity contribution in [1.82, 2.24) is 21.3 Å². The summed E-state index contributed by atoms with van der Waals surface area (Å²) in [5.74, 6) is -1.82. The molecule has 5 atom stereocenters. The van der Waals surface area contributed by atoms with E-state index < -0.39 is 47.7 Å². The molecule has 1 unspecified atom stereocenters. The van der Waals surface area contributed by atoms with E-state index in [0.29, 0.717) is 31.4 Å². The molecule has 11 nitrogen and oxygen atoms in total. The van der Waals surface area contributed by atoms with Crippen LogP contribution in [0.15, 0.2) is 54.6 Å². The number of rotatable bonds is 16. The summed E-state index contributed by atoms with van der Waals surface area (Å²) in [5, 5.41) is 11.0. The highest BCUT2D eigenvalue weighted by Gasteiger charge is 2.34. The second-order valence-corrected chi connectivity index (χ2v) is 12.1. The molecule has 2 rings (SSSR count). The van der Waals surface area contributed by atoms with Crippen molar-refractivity contribution in [2.24, 2.45) is 5.92 Å². The summed E-state index contributed by atoms with van der Waals surface area (Å²) < 4.78 is 11.3. The van der Waals surface area contributed by atoms with Crippen LogP contribution in [0.5, 0.6) is 0 Å². The van der Waals surface area contributed by atoms with E-state index in [2.05, 4.69) is 27.8 Å². The highest BCUT2D eigenvalue weighted by molar-refractivity contribution is 6.03. The van der Waals surface area contributed by atoms with Gasteiger partial charge in [-0.25, -0.2) is 4.79 Å². The van der Waals surface area contributed by atoms with Gasteiger partial charge in [0.05, 0.1) is 11.7 Å². The van der Waals surface area contributed by atoms with Crippen molar-refractivity contribution in [1.29, 1.82) is 0 Å². The number of allylic oxidation sites excluding steroid dienone is 2. The fraction of sp³-hybridized carbons (Fsp3) is 0.545. The van der Waals surface area contributed by atoms with Crippen LogP contribution in [0.3, 0.4) is 0 Å². The minimum atomic E-state index is -1.17. The van der Waals surface area contributed by atoms with Crippen LogP contribution in [0.4, 0.5) is 4.79 Å². The molecule has 242 valence electrons. The van der Waals surface area contributed by atoms with Gasteiger partial charge in [0.1, 0.15) is 18.7 Å². The van der Waals surface area contributed by atoms with Crippen molar-refractivity contribution in [2.45, 2.75) is 104 Å². The van der Waals surface area contributed by atoms with Crippen LogP contribution in [0.1, 0.15) is 72.8 Å². The third-order valence-electron chi connectivity index (χ3n) is 6.92. The fourth-order valence-electron chi connectivity index (χ4n) is 4.72. The topological polar surface area (TPSA) is 152 Å². The first-order valence-electron chi connectivity index (χ1n) is 15.1. The Morgan fingerprint density at radius 1 is 1.09 bits per heavy atom. The molecule has 11 heteroatoms. The third kappa shape index (κ3) is 12.7. The smallest absolute Gasteiger partial charge is 0.408 e. The molecule has 1 aromatic carbocycles. The Balaban J connectivity index is 2.20. The predicted molar refractivity (Wildman–Crippen MR) is 167 cm³/mol. The third-order valence-corrected chi connectivity index (χ3v) is 6.92. The van der Waals surface area contributed by atoms with E-state index in [4.69, 9.17) is 9.47 Å². The molecule has 0 aromatic heterocycles. The molecule has 0 saturated carbocycles. The first-order chi connectivity index (χ1) is 20.7.